The summed E-state index contributed by atoms with van der Waals surface area (Å²) < 4.78 is 0.954. The second-order valence-electron chi connectivity index (χ2n) is 7.69. The highest BCUT2D eigenvalue weighted by molar-refractivity contribution is 9.10. The number of carbonyl (C=O) groups excluding carboxylic acids is 1. The van der Waals surface area contributed by atoms with Crippen LogP contribution in [-0.2, 0) is 16.1 Å². The fourth-order valence-electron chi connectivity index (χ4n) is 4.24. The van der Waals surface area contributed by atoms with E-state index < -0.39 is 0 Å². The molecule has 3 aliphatic rings. The van der Waals surface area contributed by atoms with Crippen molar-refractivity contribution in [3.8, 4) is 0 Å². The summed E-state index contributed by atoms with van der Waals surface area (Å²) in [6.07, 6.45) is 0.413. The number of allylic oxidation sites excluding steroid dienone is 2. The first-order valence-electron chi connectivity index (χ1n) is 10.3. The van der Waals surface area contributed by atoms with Crippen LogP contribution in [0.5, 0.6) is 0 Å². The molecule has 2 heterocycles. The van der Waals surface area contributed by atoms with E-state index in [0.29, 0.717) is 24.3 Å². The van der Waals surface area contributed by atoms with Gasteiger partial charge in [0, 0.05) is 54.9 Å². The van der Waals surface area contributed by atoms with Crippen LogP contribution in [0.15, 0.2) is 57.8 Å². The minimum atomic E-state index is 0.104. The number of fused-ring (bicyclic) bond motifs is 2. The average molecular weight is 467 g/mol. The summed E-state index contributed by atoms with van der Waals surface area (Å²) >= 11 is 3.54. The van der Waals surface area contributed by atoms with Crippen molar-refractivity contribution in [2.75, 3.05) is 44.6 Å². The predicted octanol–water partition coefficient (Wildman–Crippen LogP) is 3.04. The number of oxime groups is 1. The van der Waals surface area contributed by atoms with E-state index in [9.17, 15) is 4.79 Å². The molecule has 6 nitrogen and oxygen atoms in total. The zero-order valence-electron chi connectivity index (χ0n) is 16.6. The van der Waals surface area contributed by atoms with Gasteiger partial charge in [-0.1, -0.05) is 45.4 Å². The highest BCUT2D eigenvalue weighted by atomic mass is 79.9. The Morgan fingerprint density at radius 2 is 1.93 bits per heavy atom. The number of anilines is 1. The molecule has 2 aliphatic heterocycles. The minimum Gasteiger partial charge on any atom is -0.394 e. The third-order valence-corrected chi connectivity index (χ3v) is 6.26. The van der Waals surface area contributed by atoms with E-state index in [4.69, 9.17) is 4.84 Å². The van der Waals surface area contributed by atoms with E-state index in [1.165, 1.54) is 0 Å². The largest absolute Gasteiger partial charge is 0.394 e. The van der Waals surface area contributed by atoms with Gasteiger partial charge in [0.1, 0.15) is 12.3 Å². The van der Waals surface area contributed by atoms with Crippen molar-refractivity contribution in [3.63, 3.8) is 0 Å². The highest BCUT2D eigenvalue weighted by Crippen LogP contribution is 2.39. The van der Waals surface area contributed by atoms with Gasteiger partial charge >= 0.3 is 0 Å². The van der Waals surface area contributed by atoms with Crippen LogP contribution in [0.25, 0.3) is 5.57 Å². The quantitative estimate of drug-likeness (QED) is 0.411. The second-order valence-corrected chi connectivity index (χ2v) is 8.60. The van der Waals surface area contributed by atoms with Crippen LogP contribution in [-0.4, -0.2) is 55.7 Å². The molecule has 0 atom stereocenters. The van der Waals surface area contributed by atoms with Crippen LogP contribution in [0.2, 0.25) is 0 Å². The topological polar surface area (TPSA) is 66.0 Å². The Morgan fingerprint density at radius 3 is 2.80 bits per heavy atom. The van der Waals surface area contributed by atoms with E-state index in [-0.39, 0.29) is 5.78 Å². The van der Waals surface area contributed by atoms with Crippen LogP contribution < -0.4 is 10.6 Å². The van der Waals surface area contributed by atoms with Crippen molar-refractivity contribution in [3.05, 3.63) is 69.3 Å². The number of rotatable bonds is 4. The number of nitrogens with one attached hydrogen (secondary N) is 2. The molecule has 1 saturated heterocycles. The van der Waals surface area contributed by atoms with Gasteiger partial charge in [0.2, 0.25) is 0 Å². The van der Waals surface area contributed by atoms with E-state index in [1.54, 1.807) is 0 Å². The Kier molecular flexibility index (Phi) is 5.41. The highest BCUT2D eigenvalue weighted by Gasteiger charge is 2.34. The fourth-order valence-corrected chi connectivity index (χ4v) is 4.60. The number of Topliss-reactive ketones (excluding diaryl/α,β-unsaturated/α-hetero) is 1. The number of ketones is 1. The summed E-state index contributed by atoms with van der Waals surface area (Å²) in [5.74, 6) is 0.104. The molecule has 30 heavy (non-hydrogen) atoms. The molecule has 1 aliphatic carbocycles. The van der Waals surface area contributed by atoms with E-state index >= 15 is 0 Å². The first-order chi connectivity index (χ1) is 14.7. The lowest BCUT2D eigenvalue weighted by atomic mass is 10.0. The number of nitrogens with zero attached hydrogens (tertiary/aromatic N) is 2. The lowest BCUT2D eigenvalue weighted by Crippen LogP contribution is -2.44. The number of halogens is 1. The third kappa shape index (κ3) is 3.69. The molecule has 1 fully saturated rings. The zero-order valence-corrected chi connectivity index (χ0v) is 18.2. The summed E-state index contributed by atoms with van der Waals surface area (Å²) in [7, 11) is 0. The maximum absolute atomic E-state index is 12.9. The standard InChI is InChI=1S/C23H23BrN4O2/c24-16-6-5-15-13-20(29)21(18(15)14-16)23-22(17-3-1-2-4-19(17)26-23)27-30-12-11-28-9-7-25-8-10-28/h1-6,14,25-26H,7-13H2/b23-21-,27-22+. The predicted molar refractivity (Wildman–Crippen MR) is 122 cm³/mol. The lowest BCUT2D eigenvalue weighted by molar-refractivity contribution is -0.112. The van der Waals surface area contributed by atoms with Gasteiger partial charge in [0.05, 0.1) is 11.3 Å². The molecule has 2 aromatic rings. The smallest absolute Gasteiger partial charge is 0.170 e. The number of benzene rings is 2. The Labute approximate surface area is 184 Å². The molecule has 0 unspecified atom stereocenters. The normalized spacial score (nSPS) is 22.2. The SMILES string of the molecule is O=C1Cc2ccc(Br)cc2/C1=C1/Nc2ccccc2/C1=N\OCCN1CCNCC1. The summed E-state index contributed by atoms with van der Waals surface area (Å²) in [6.45, 7) is 5.44. The number of hydrogen-bond donors (Lipinski definition) is 2. The molecule has 0 radical (unpaired) electrons. The van der Waals surface area contributed by atoms with Crippen molar-refractivity contribution in [2.24, 2.45) is 5.16 Å². The van der Waals surface area contributed by atoms with Crippen LogP contribution in [0.4, 0.5) is 5.69 Å². The molecule has 0 saturated carbocycles. The van der Waals surface area contributed by atoms with Gasteiger partial charge in [-0.15, -0.1) is 0 Å². The van der Waals surface area contributed by atoms with Crippen molar-refractivity contribution in [2.45, 2.75) is 6.42 Å². The van der Waals surface area contributed by atoms with Crippen molar-refractivity contribution >= 4 is 38.7 Å². The van der Waals surface area contributed by atoms with E-state index in [1.807, 2.05) is 42.5 Å². The summed E-state index contributed by atoms with van der Waals surface area (Å²) in [4.78, 5) is 21.1. The molecule has 0 spiro atoms. The molecule has 2 aromatic carbocycles. The van der Waals surface area contributed by atoms with Crippen LogP contribution in [0, 0.1) is 0 Å². The number of para-hydroxylation sites is 1. The molecule has 2 N–H and O–H groups in total. The Balaban J connectivity index is 1.47. The second kappa shape index (κ2) is 8.34. The third-order valence-electron chi connectivity index (χ3n) is 5.76. The molecule has 0 amide bonds. The van der Waals surface area contributed by atoms with Gasteiger partial charge < -0.3 is 15.5 Å². The first kappa shape index (κ1) is 19.5. The minimum absolute atomic E-state index is 0.104. The molecular formula is C23H23BrN4O2. The first-order valence-corrected chi connectivity index (χ1v) is 11.1. The van der Waals surface area contributed by atoms with Gasteiger partial charge in [-0.05, 0) is 29.3 Å². The Bertz CT molecular complexity index is 1060. The van der Waals surface area contributed by atoms with Crippen LogP contribution in [0.1, 0.15) is 16.7 Å². The number of hydrogen-bond acceptors (Lipinski definition) is 6. The maximum atomic E-state index is 12.9. The molecular weight excluding hydrogens is 444 g/mol. The van der Waals surface area contributed by atoms with Gasteiger partial charge in [-0.3, -0.25) is 9.69 Å². The lowest BCUT2D eigenvalue weighted by Gasteiger charge is -2.26. The monoisotopic (exact) mass is 466 g/mol. The Morgan fingerprint density at radius 1 is 1.10 bits per heavy atom. The Hall–Kier alpha value is -2.48. The molecule has 0 bridgehead atoms. The van der Waals surface area contributed by atoms with E-state index in [2.05, 4.69) is 36.6 Å². The van der Waals surface area contributed by atoms with Crippen molar-refractivity contribution in [1.82, 2.24) is 10.2 Å². The molecule has 5 rings (SSSR count). The number of piperazine rings is 1. The summed E-state index contributed by atoms with van der Waals surface area (Å²) in [5.41, 5.74) is 6.02. The average Bonchev–Trinajstić information content (AvgIpc) is 3.28. The van der Waals surface area contributed by atoms with Crippen LogP contribution in [0.3, 0.4) is 0 Å². The molecule has 7 heteroatoms. The van der Waals surface area contributed by atoms with Crippen molar-refractivity contribution < 1.29 is 9.63 Å². The van der Waals surface area contributed by atoms with E-state index in [0.717, 1.165) is 65.3 Å². The summed E-state index contributed by atoms with van der Waals surface area (Å²) in [6, 6.07) is 14.0. The molecule has 154 valence electrons. The van der Waals surface area contributed by atoms with Crippen LogP contribution >= 0.6 is 15.9 Å². The number of carbonyl (C=O) groups is 1. The maximum Gasteiger partial charge on any atom is 0.170 e. The van der Waals surface area contributed by atoms with Gasteiger partial charge in [0.25, 0.3) is 0 Å². The van der Waals surface area contributed by atoms with Gasteiger partial charge in [-0.2, -0.15) is 0 Å². The summed E-state index contributed by atoms with van der Waals surface area (Å²) in [5, 5.41) is 11.3. The molecule has 0 aromatic heterocycles. The fraction of sp³-hybridized carbons (Fsp3) is 0.304. The zero-order chi connectivity index (χ0) is 20.5. The van der Waals surface area contributed by atoms with Crippen molar-refractivity contribution in [1.29, 1.82) is 0 Å². The van der Waals surface area contributed by atoms with Gasteiger partial charge in [0.15, 0.2) is 5.78 Å². The van der Waals surface area contributed by atoms with Gasteiger partial charge in [-0.25, -0.2) is 0 Å².